The number of hydrogen-bond acceptors (Lipinski definition) is 3. The molecule has 0 spiro atoms. The number of para-hydroxylation sites is 1. The molecular formula is C13H15ClN2O3S. The zero-order valence-electron chi connectivity index (χ0n) is 10.9. The van der Waals surface area contributed by atoms with Crippen molar-refractivity contribution < 1.29 is 13.5 Å². The molecule has 0 atom stereocenters. The topological polar surface area (TPSA) is 71.3 Å². The van der Waals surface area contributed by atoms with Gasteiger partial charge in [-0.25, -0.2) is 8.42 Å². The Balaban J connectivity index is 2.36. The zero-order chi connectivity index (χ0) is 14.8. The Bertz CT molecular complexity index is 689. The van der Waals surface area contributed by atoms with Gasteiger partial charge in [-0.1, -0.05) is 23.7 Å². The third kappa shape index (κ3) is 2.98. The molecule has 1 aromatic heterocycles. The quantitative estimate of drug-likeness (QED) is 0.890. The Morgan fingerprint density at radius 1 is 1.35 bits per heavy atom. The van der Waals surface area contributed by atoms with E-state index in [1.807, 2.05) is 6.92 Å². The monoisotopic (exact) mass is 314 g/mol. The number of benzene rings is 1. The van der Waals surface area contributed by atoms with Gasteiger partial charge in [0.15, 0.2) is 0 Å². The van der Waals surface area contributed by atoms with Gasteiger partial charge < -0.3 is 9.67 Å². The number of aromatic nitrogens is 1. The summed E-state index contributed by atoms with van der Waals surface area (Å²) in [6.45, 7) is 2.24. The fourth-order valence-corrected chi connectivity index (χ4v) is 3.23. The highest BCUT2D eigenvalue weighted by Crippen LogP contribution is 2.24. The Kier molecular flexibility index (Phi) is 4.37. The summed E-state index contributed by atoms with van der Waals surface area (Å²) < 4.78 is 28.7. The molecule has 0 aliphatic carbocycles. The molecular weight excluding hydrogens is 300 g/mol. The molecule has 1 heterocycles. The van der Waals surface area contributed by atoms with Crippen LogP contribution in [0.3, 0.4) is 0 Å². The van der Waals surface area contributed by atoms with E-state index in [-0.39, 0.29) is 11.5 Å². The summed E-state index contributed by atoms with van der Waals surface area (Å²) in [6, 6.07) is 8.06. The third-order valence-electron chi connectivity index (χ3n) is 2.89. The first kappa shape index (κ1) is 14.9. The molecule has 2 rings (SSSR count). The predicted octanol–water partition coefficient (Wildman–Crippen LogP) is 2.45. The minimum absolute atomic E-state index is 0.100. The SMILES string of the molecule is CCn1cc(S(=O)(=O)Nc2ccccc2Cl)cc1CO. The molecule has 0 saturated heterocycles. The van der Waals surface area contributed by atoms with Crippen molar-refractivity contribution in [1.82, 2.24) is 4.57 Å². The molecule has 5 nitrogen and oxygen atoms in total. The van der Waals surface area contributed by atoms with E-state index in [0.29, 0.717) is 22.9 Å². The Hall–Kier alpha value is -1.50. The highest BCUT2D eigenvalue weighted by atomic mass is 35.5. The fraction of sp³-hybridized carbons (Fsp3) is 0.231. The van der Waals surface area contributed by atoms with Crippen molar-refractivity contribution in [2.24, 2.45) is 0 Å². The Morgan fingerprint density at radius 3 is 2.60 bits per heavy atom. The van der Waals surface area contributed by atoms with Crippen LogP contribution in [0.25, 0.3) is 0 Å². The molecule has 0 aliphatic rings. The van der Waals surface area contributed by atoms with Crippen molar-refractivity contribution in [3.63, 3.8) is 0 Å². The smallest absolute Gasteiger partial charge is 0.263 e. The largest absolute Gasteiger partial charge is 0.390 e. The first-order valence-corrected chi connectivity index (χ1v) is 7.91. The van der Waals surface area contributed by atoms with E-state index in [4.69, 9.17) is 11.6 Å². The van der Waals surface area contributed by atoms with Crippen LogP contribution in [0.1, 0.15) is 12.6 Å². The molecule has 2 N–H and O–H groups in total. The third-order valence-corrected chi connectivity index (χ3v) is 4.55. The number of rotatable bonds is 5. The number of aliphatic hydroxyl groups excluding tert-OH is 1. The van der Waals surface area contributed by atoms with E-state index >= 15 is 0 Å². The highest BCUT2D eigenvalue weighted by molar-refractivity contribution is 7.92. The highest BCUT2D eigenvalue weighted by Gasteiger charge is 2.19. The lowest BCUT2D eigenvalue weighted by atomic mass is 10.3. The second kappa shape index (κ2) is 5.87. The number of hydrogen-bond donors (Lipinski definition) is 2. The van der Waals surface area contributed by atoms with Gasteiger partial charge in [-0.15, -0.1) is 0 Å². The molecule has 0 bridgehead atoms. The van der Waals surface area contributed by atoms with Gasteiger partial charge in [0.1, 0.15) is 4.90 Å². The van der Waals surface area contributed by atoms with Gasteiger partial charge in [-0.3, -0.25) is 4.72 Å². The van der Waals surface area contributed by atoms with Crippen LogP contribution in [-0.4, -0.2) is 18.1 Å². The minimum Gasteiger partial charge on any atom is -0.390 e. The van der Waals surface area contributed by atoms with E-state index in [0.717, 1.165) is 0 Å². The number of aliphatic hydroxyl groups is 1. The molecule has 7 heteroatoms. The van der Waals surface area contributed by atoms with E-state index in [2.05, 4.69) is 4.72 Å². The number of nitrogens with zero attached hydrogens (tertiary/aromatic N) is 1. The van der Waals surface area contributed by atoms with Gasteiger partial charge in [0.05, 0.1) is 17.3 Å². The van der Waals surface area contributed by atoms with Crippen molar-refractivity contribution in [2.75, 3.05) is 4.72 Å². The fourth-order valence-electron chi connectivity index (χ4n) is 1.85. The average molecular weight is 315 g/mol. The Morgan fingerprint density at radius 2 is 2.05 bits per heavy atom. The lowest BCUT2D eigenvalue weighted by Crippen LogP contribution is -2.12. The number of anilines is 1. The second-order valence-electron chi connectivity index (χ2n) is 4.20. The first-order valence-electron chi connectivity index (χ1n) is 6.05. The van der Waals surface area contributed by atoms with Gasteiger partial charge in [0.25, 0.3) is 10.0 Å². The molecule has 0 unspecified atom stereocenters. The van der Waals surface area contributed by atoms with Crippen LogP contribution >= 0.6 is 11.6 Å². The van der Waals surface area contributed by atoms with Crippen molar-refractivity contribution in [2.45, 2.75) is 25.0 Å². The van der Waals surface area contributed by atoms with Crippen LogP contribution in [0.5, 0.6) is 0 Å². The zero-order valence-corrected chi connectivity index (χ0v) is 12.4. The molecule has 0 amide bonds. The lowest BCUT2D eigenvalue weighted by molar-refractivity contribution is 0.271. The number of nitrogens with one attached hydrogen (secondary N) is 1. The van der Waals surface area contributed by atoms with Crippen molar-refractivity contribution in [1.29, 1.82) is 0 Å². The van der Waals surface area contributed by atoms with Crippen LogP contribution in [0, 0.1) is 0 Å². The van der Waals surface area contributed by atoms with Crippen molar-refractivity contribution in [3.8, 4) is 0 Å². The lowest BCUT2D eigenvalue weighted by Gasteiger charge is -2.07. The van der Waals surface area contributed by atoms with Crippen LogP contribution in [0.15, 0.2) is 41.4 Å². The van der Waals surface area contributed by atoms with Gasteiger partial charge in [0, 0.05) is 18.4 Å². The summed E-state index contributed by atoms with van der Waals surface area (Å²) in [5.41, 5.74) is 0.871. The predicted molar refractivity (Wildman–Crippen MR) is 78.3 cm³/mol. The van der Waals surface area contributed by atoms with Gasteiger partial charge in [-0.2, -0.15) is 0 Å². The molecule has 0 fully saturated rings. The Labute approximate surface area is 122 Å². The summed E-state index contributed by atoms with van der Waals surface area (Å²) in [5, 5.41) is 9.53. The summed E-state index contributed by atoms with van der Waals surface area (Å²) in [5.74, 6) is 0. The number of halogens is 1. The second-order valence-corrected chi connectivity index (χ2v) is 6.29. The molecule has 1 aromatic carbocycles. The van der Waals surface area contributed by atoms with Crippen LogP contribution < -0.4 is 4.72 Å². The maximum Gasteiger partial charge on any atom is 0.263 e. The number of sulfonamides is 1. The van der Waals surface area contributed by atoms with Gasteiger partial charge in [-0.05, 0) is 25.1 Å². The molecule has 108 valence electrons. The minimum atomic E-state index is -3.72. The van der Waals surface area contributed by atoms with Gasteiger partial charge in [0.2, 0.25) is 0 Å². The van der Waals surface area contributed by atoms with E-state index in [1.54, 1.807) is 28.8 Å². The molecule has 0 radical (unpaired) electrons. The summed E-state index contributed by atoms with van der Waals surface area (Å²) in [4.78, 5) is 0.100. The maximum atomic E-state index is 12.3. The summed E-state index contributed by atoms with van der Waals surface area (Å²) in [6.07, 6.45) is 1.49. The van der Waals surface area contributed by atoms with Crippen molar-refractivity contribution >= 4 is 27.3 Å². The van der Waals surface area contributed by atoms with Gasteiger partial charge >= 0.3 is 0 Å². The standard InChI is InChI=1S/C13H15ClN2O3S/c1-2-16-8-11(7-10(16)9-17)20(18,19)15-13-6-4-3-5-12(13)14/h3-8,15,17H,2,9H2,1H3. The number of aryl methyl sites for hydroxylation is 1. The maximum absolute atomic E-state index is 12.3. The summed E-state index contributed by atoms with van der Waals surface area (Å²) in [7, 11) is -3.72. The van der Waals surface area contributed by atoms with Crippen molar-refractivity contribution in [3.05, 3.63) is 47.2 Å². The molecule has 0 saturated carbocycles. The molecule has 0 aliphatic heterocycles. The van der Waals surface area contributed by atoms with E-state index in [9.17, 15) is 13.5 Å². The average Bonchev–Trinajstić information content (AvgIpc) is 2.85. The normalized spacial score (nSPS) is 11.6. The van der Waals surface area contributed by atoms with Crippen LogP contribution in [0.4, 0.5) is 5.69 Å². The van der Waals surface area contributed by atoms with E-state index in [1.165, 1.54) is 12.3 Å². The molecule has 2 aromatic rings. The van der Waals surface area contributed by atoms with E-state index < -0.39 is 10.0 Å². The van der Waals surface area contributed by atoms with Crippen LogP contribution in [-0.2, 0) is 23.2 Å². The summed E-state index contributed by atoms with van der Waals surface area (Å²) >= 11 is 5.94. The molecule has 20 heavy (non-hydrogen) atoms. The van der Waals surface area contributed by atoms with Crippen LogP contribution in [0.2, 0.25) is 5.02 Å². The first-order chi connectivity index (χ1) is 9.47.